The number of ether oxygens (including phenoxy) is 1. The first kappa shape index (κ1) is 28.2. The quantitative estimate of drug-likeness (QED) is 0.352. The first-order chi connectivity index (χ1) is 15.5. The topological polar surface area (TPSA) is 128 Å². The molecule has 9 heteroatoms. The third-order valence-electron chi connectivity index (χ3n) is 4.81. The van der Waals surface area contributed by atoms with E-state index in [4.69, 9.17) is 4.74 Å². The number of hydrogen-bond donors (Lipinski definition) is 4. The van der Waals surface area contributed by atoms with Crippen LogP contribution in [0.15, 0.2) is 24.3 Å². The number of unbranched alkanes of at least 4 members (excludes halogenated alkanes) is 2. The van der Waals surface area contributed by atoms with Crippen molar-refractivity contribution in [1.82, 2.24) is 15.5 Å². The first-order valence-electron chi connectivity index (χ1n) is 11.5. The molecule has 3 amide bonds. The van der Waals surface area contributed by atoms with Crippen molar-refractivity contribution in [2.45, 2.75) is 78.0 Å². The Labute approximate surface area is 196 Å². The van der Waals surface area contributed by atoms with Crippen molar-refractivity contribution in [3.63, 3.8) is 0 Å². The summed E-state index contributed by atoms with van der Waals surface area (Å²) in [4.78, 5) is 40.3. The van der Waals surface area contributed by atoms with Crippen LogP contribution in [0, 0.1) is 0 Å². The van der Waals surface area contributed by atoms with Crippen molar-refractivity contribution in [3.8, 4) is 5.75 Å². The number of aromatic hydroxyl groups is 1. The maximum atomic E-state index is 13.5. The Kier molecular flexibility index (Phi) is 11.7. The van der Waals surface area contributed by atoms with Gasteiger partial charge in [-0.3, -0.25) is 9.59 Å². The molecule has 0 saturated heterocycles. The average Bonchev–Trinajstić information content (AvgIpc) is 2.74. The van der Waals surface area contributed by atoms with Gasteiger partial charge < -0.3 is 30.5 Å². The van der Waals surface area contributed by atoms with Gasteiger partial charge in [0.2, 0.25) is 11.8 Å². The summed E-state index contributed by atoms with van der Waals surface area (Å²) in [5.41, 5.74) is -0.261. The summed E-state index contributed by atoms with van der Waals surface area (Å²) in [5, 5.41) is 24.8. The predicted octanol–water partition coefficient (Wildman–Crippen LogP) is 2.86. The zero-order valence-corrected chi connectivity index (χ0v) is 20.4. The lowest BCUT2D eigenvalue weighted by Crippen LogP contribution is -2.54. The maximum absolute atomic E-state index is 13.5. The molecule has 0 saturated carbocycles. The van der Waals surface area contributed by atoms with E-state index < -0.39 is 36.3 Å². The molecule has 0 spiro atoms. The second-order valence-corrected chi connectivity index (χ2v) is 8.91. The van der Waals surface area contributed by atoms with Gasteiger partial charge in [-0.05, 0) is 51.3 Å². The van der Waals surface area contributed by atoms with E-state index in [0.29, 0.717) is 18.5 Å². The van der Waals surface area contributed by atoms with Crippen LogP contribution >= 0.6 is 0 Å². The third-order valence-corrected chi connectivity index (χ3v) is 4.81. The monoisotopic (exact) mass is 465 g/mol. The van der Waals surface area contributed by atoms with Gasteiger partial charge in [-0.1, -0.05) is 38.8 Å². The van der Waals surface area contributed by atoms with E-state index in [2.05, 4.69) is 10.6 Å². The minimum atomic E-state index is -1.28. The fraction of sp³-hybridized carbons (Fsp3) is 0.625. The number of amides is 3. The van der Waals surface area contributed by atoms with Crippen molar-refractivity contribution in [3.05, 3.63) is 29.8 Å². The van der Waals surface area contributed by atoms with Crippen LogP contribution < -0.4 is 10.6 Å². The van der Waals surface area contributed by atoms with E-state index in [9.17, 15) is 24.6 Å². The molecule has 0 radical (unpaired) electrons. The van der Waals surface area contributed by atoms with Crippen LogP contribution in [0.3, 0.4) is 0 Å². The summed E-state index contributed by atoms with van der Waals surface area (Å²) in [6, 6.07) is 3.80. The number of aliphatic hydroxyl groups excluding tert-OH is 1. The van der Waals surface area contributed by atoms with Crippen molar-refractivity contribution in [1.29, 1.82) is 0 Å². The standard InChI is InChI=1S/C24H39N3O6/c1-6-8-14-25-21(30)20(17-10-12-18(29)13-11-17)27(15-9-7-2)22(31)19(16-28)26-23(32)33-24(3,4)5/h10-13,19-20,28-29H,6-9,14-16H2,1-5H3,(H,25,30)(H,26,32). The molecule has 0 fully saturated rings. The highest BCUT2D eigenvalue weighted by molar-refractivity contribution is 5.92. The molecule has 2 unspecified atom stereocenters. The van der Waals surface area contributed by atoms with Crippen LogP contribution in [0.5, 0.6) is 5.75 Å². The molecule has 1 aromatic carbocycles. The van der Waals surface area contributed by atoms with Crippen LogP contribution in [0.2, 0.25) is 0 Å². The molecule has 9 nitrogen and oxygen atoms in total. The van der Waals surface area contributed by atoms with Gasteiger partial charge >= 0.3 is 6.09 Å². The number of phenolic OH excluding ortho intramolecular Hbond substituents is 1. The van der Waals surface area contributed by atoms with Crippen LogP contribution in [-0.2, 0) is 14.3 Å². The number of nitrogens with zero attached hydrogens (tertiary/aromatic N) is 1. The van der Waals surface area contributed by atoms with Gasteiger partial charge in [-0.15, -0.1) is 0 Å². The molecule has 0 aliphatic rings. The molecule has 0 aliphatic carbocycles. The molecular formula is C24H39N3O6. The summed E-state index contributed by atoms with van der Waals surface area (Å²) in [7, 11) is 0. The molecule has 0 aliphatic heterocycles. The summed E-state index contributed by atoms with van der Waals surface area (Å²) < 4.78 is 5.21. The van der Waals surface area contributed by atoms with Gasteiger partial charge in [-0.25, -0.2) is 4.79 Å². The number of benzene rings is 1. The van der Waals surface area contributed by atoms with Gasteiger partial charge in [0.25, 0.3) is 0 Å². The fourth-order valence-corrected chi connectivity index (χ4v) is 3.14. The van der Waals surface area contributed by atoms with E-state index in [1.54, 1.807) is 32.9 Å². The van der Waals surface area contributed by atoms with Gasteiger partial charge in [0.15, 0.2) is 0 Å². The van der Waals surface area contributed by atoms with E-state index in [1.165, 1.54) is 17.0 Å². The van der Waals surface area contributed by atoms with Crippen molar-refractivity contribution in [2.75, 3.05) is 19.7 Å². The first-order valence-corrected chi connectivity index (χ1v) is 11.5. The zero-order chi connectivity index (χ0) is 25.0. The van der Waals surface area contributed by atoms with Crippen LogP contribution in [-0.4, -0.2) is 64.4 Å². The SMILES string of the molecule is CCCCNC(=O)C(c1ccc(O)cc1)N(CCCC)C(=O)C(CO)NC(=O)OC(C)(C)C. The minimum Gasteiger partial charge on any atom is -0.508 e. The Bertz CT molecular complexity index is 760. The maximum Gasteiger partial charge on any atom is 0.408 e. The Morgan fingerprint density at radius 3 is 2.18 bits per heavy atom. The molecule has 1 rings (SSSR count). The number of nitrogens with one attached hydrogen (secondary N) is 2. The van der Waals surface area contributed by atoms with Crippen molar-refractivity contribution in [2.24, 2.45) is 0 Å². The lowest BCUT2D eigenvalue weighted by Gasteiger charge is -2.34. The average molecular weight is 466 g/mol. The Morgan fingerprint density at radius 2 is 1.67 bits per heavy atom. The Balaban J connectivity index is 3.28. The van der Waals surface area contributed by atoms with Gasteiger partial charge in [0.05, 0.1) is 6.61 Å². The van der Waals surface area contributed by atoms with E-state index in [0.717, 1.165) is 19.3 Å². The number of alkyl carbamates (subject to hydrolysis) is 1. The second-order valence-electron chi connectivity index (χ2n) is 8.91. The number of carbonyl (C=O) groups is 3. The number of carbonyl (C=O) groups excluding carboxylic acids is 3. The highest BCUT2D eigenvalue weighted by Gasteiger charge is 2.35. The van der Waals surface area contributed by atoms with Gasteiger partial charge in [-0.2, -0.15) is 0 Å². The highest BCUT2D eigenvalue weighted by Crippen LogP contribution is 2.25. The number of aliphatic hydroxyl groups is 1. The molecular weight excluding hydrogens is 426 g/mol. The third kappa shape index (κ3) is 9.69. The smallest absolute Gasteiger partial charge is 0.408 e. The van der Waals surface area contributed by atoms with Crippen molar-refractivity contribution >= 4 is 17.9 Å². The molecule has 186 valence electrons. The van der Waals surface area contributed by atoms with Gasteiger partial charge in [0, 0.05) is 13.1 Å². The molecule has 4 N–H and O–H groups in total. The summed E-state index contributed by atoms with van der Waals surface area (Å²) in [6.45, 7) is 9.09. The summed E-state index contributed by atoms with van der Waals surface area (Å²) in [5.74, 6) is -0.928. The van der Waals surface area contributed by atoms with E-state index >= 15 is 0 Å². The van der Waals surface area contributed by atoms with Crippen LogP contribution in [0.4, 0.5) is 4.79 Å². The normalized spacial score (nSPS) is 13.0. The lowest BCUT2D eigenvalue weighted by molar-refractivity contribution is -0.143. The van der Waals surface area contributed by atoms with E-state index in [-0.39, 0.29) is 18.2 Å². The molecule has 0 bridgehead atoms. The van der Waals surface area contributed by atoms with Crippen LogP contribution in [0.1, 0.15) is 71.9 Å². The molecule has 0 heterocycles. The Morgan fingerprint density at radius 1 is 1.06 bits per heavy atom. The molecule has 2 atom stereocenters. The predicted molar refractivity (Wildman–Crippen MR) is 126 cm³/mol. The summed E-state index contributed by atoms with van der Waals surface area (Å²) >= 11 is 0. The number of phenols is 1. The molecule has 1 aromatic rings. The molecule has 0 aromatic heterocycles. The van der Waals surface area contributed by atoms with Crippen molar-refractivity contribution < 1.29 is 29.3 Å². The molecule has 33 heavy (non-hydrogen) atoms. The minimum absolute atomic E-state index is 0.0372. The highest BCUT2D eigenvalue weighted by atomic mass is 16.6. The number of rotatable bonds is 12. The van der Waals surface area contributed by atoms with E-state index in [1.807, 2.05) is 13.8 Å². The second kappa shape index (κ2) is 13.7. The Hall–Kier alpha value is -2.81. The van der Waals surface area contributed by atoms with Gasteiger partial charge in [0.1, 0.15) is 23.4 Å². The largest absolute Gasteiger partial charge is 0.508 e. The lowest BCUT2D eigenvalue weighted by atomic mass is 10.0. The summed E-state index contributed by atoms with van der Waals surface area (Å²) in [6.07, 6.45) is 2.24. The fourth-order valence-electron chi connectivity index (χ4n) is 3.14. The zero-order valence-electron chi connectivity index (χ0n) is 20.4. The number of hydrogen-bond acceptors (Lipinski definition) is 6. The van der Waals surface area contributed by atoms with Crippen LogP contribution in [0.25, 0.3) is 0 Å².